The highest BCUT2D eigenvalue weighted by Crippen LogP contribution is 2.33. The highest BCUT2D eigenvalue weighted by molar-refractivity contribution is 5.85. The van der Waals surface area contributed by atoms with Crippen molar-refractivity contribution in [2.75, 3.05) is 16.8 Å². The maximum atomic E-state index is 14.3. The molecule has 10 heteroatoms. The molecule has 1 aliphatic rings. The van der Waals surface area contributed by atoms with E-state index in [1.165, 1.54) is 6.07 Å². The third-order valence-electron chi connectivity index (χ3n) is 6.24. The van der Waals surface area contributed by atoms with Gasteiger partial charge >= 0.3 is 0 Å². The Labute approximate surface area is 188 Å². The molecule has 0 fully saturated rings. The molecule has 6 rings (SSSR count). The lowest BCUT2D eigenvalue weighted by atomic mass is 10.0. The highest BCUT2D eigenvalue weighted by Gasteiger charge is 2.25. The van der Waals surface area contributed by atoms with Crippen LogP contribution in [0.5, 0.6) is 0 Å². The van der Waals surface area contributed by atoms with Gasteiger partial charge in [-0.3, -0.25) is 0 Å². The van der Waals surface area contributed by atoms with E-state index in [1.54, 1.807) is 36.2 Å². The Bertz CT molecular complexity index is 1490. The van der Waals surface area contributed by atoms with Crippen molar-refractivity contribution >= 4 is 28.2 Å². The molecule has 166 valence electrons. The summed E-state index contributed by atoms with van der Waals surface area (Å²) in [6.07, 6.45) is 5.24. The fourth-order valence-corrected chi connectivity index (χ4v) is 4.43. The van der Waals surface area contributed by atoms with Gasteiger partial charge in [0.25, 0.3) is 0 Å². The van der Waals surface area contributed by atoms with Crippen molar-refractivity contribution in [1.29, 1.82) is 0 Å². The van der Waals surface area contributed by atoms with Crippen LogP contribution in [-0.4, -0.2) is 40.9 Å². The number of aryl methyl sites for hydroxylation is 1. The van der Waals surface area contributed by atoms with Gasteiger partial charge in [-0.1, -0.05) is 0 Å². The summed E-state index contributed by atoms with van der Waals surface area (Å²) in [5.41, 5.74) is 3.00. The van der Waals surface area contributed by atoms with Crippen molar-refractivity contribution in [2.45, 2.75) is 33.0 Å². The van der Waals surface area contributed by atoms with Crippen LogP contribution in [0, 0.1) is 12.7 Å². The van der Waals surface area contributed by atoms with E-state index < -0.39 is 0 Å². The molecular weight excluding hydrogens is 421 g/mol. The van der Waals surface area contributed by atoms with E-state index in [1.807, 2.05) is 12.1 Å². The van der Waals surface area contributed by atoms with Gasteiger partial charge in [0.05, 0.1) is 24.3 Å². The molecule has 0 amide bonds. The van der Waals surface area contributed by atoms with Gasteiger partial charge in [-0.05, 0) is 38.1 Å². The van der Waals surface area contributed by atoms with Gasteiger partial charge in [0, 0.05) is 41.9 Å². The summed E-state index contributed by atoms with van der Waals surface area (Å²) in [5, 5.41) is 17.1. The zero-order valence-electron chi connectivity index (χ0n) is 18.3. The topological polar surface area (TPSA) is 89.1 Å². The van der Waals surface area contributed by atoms with Crippen LogP contribution >= 0.6 is 0 Å². The first-order chi connectivity index (χ1) is 16.1. The molecule has 1 aliphatic heterocycles. The molecule has 9 nitrogen and oxygen atoms in total. The number of pyridine rings is 1. The first-order valence-electron chi connectivity index (χ1n) is 10.8. The van der Waals surface area contributed by atoms with Gasteiger partial charge < -0.3 is 14.8 Å². The maximum Gasteiger partial charge on any atom is 0.157 e. The van der Waals surface area contributed by atoms with Gasteiger partial charge in [0.15, 0.2) is 11.5 Å². The lowest BCUT2D eigenvalue weighted by Gasteiger charge is -2.31. The molecule has 1 aromatic carbocycles. The average molecular weight is 443 g/mol. The third-order valence-corrected chi connectivity index (χ3v) is 6.24. The number of benzene rings is 1. The first kappa shape index (κ1) is 19.6. The summed E-state index contributed by atoms with van der Waals surface area (Å²) < 4.78 is 18.2. The molecule has 1 N–H and O–H groups in total. The minimum Gasteiger partial charge on any atom is -0.363 e. The number of nitrogens with one attached hydrogen (secondary N) is 1. The van der Waals surface area contributed by atoms with E-state index in [9.17, 15) is 4.39 Å². The normalized spacial score (nSPS) is 14.6. The Kier molecular flexibility index (Phi) is 4.46. The van der Waals surface area contributed by atoms with Crippen LogP contribution < -0.4 is 10.2 Å². The molecule has 0 bridgehead atoms. The van der Waals surface area contributed by atoms with Gasteiger partial charge in [0.1, 0.15) is 23.8 Å². The van der Waals surface area contributed by atoms with Crippen molar-refractivity contribution in [3.8, 4) is 0 Å². The zero-order chi connectivity index (χ0) is 22.5. The predicted molar refractivity (Wildman–Crippen MR) is 123 cm³/mol. The van der Waals surface area contributed by atoms with Crippen LogP contribution in [0.25, 0.3) is 16.6 Å². The summed E-state index contributed by atoms with van der Waals surface area (Å²) in [7, 11) is 0. The van der Waals surface area contributed by atoms with E-state index in [4.69, 9.17) is 4.98 Å². The van der Waals surface area contributed by atoms with Gasteiger partial charge in [-0.25, -0.2) is 14.4 Å². The number of fused-ring (bicyclic) bond motifs is 3. The number of rotatable bonds is 4. The molecule has 5 heterocycles. The van der Waals surface area contributed by atoms with E-state index in [0.29, 0.717) is 17.6 Å². The van der Waals surface area contributed by atoms with E-state index >= 15 is 0 Å². The van der Waals surface area contributed by atoms with Gasteiger partial charge in [0.2, 0.25) is 0 Å². The Balaban J connectivity index is 1.46. The lowest BCUT2D eigenvalue weighted by Crippen LogP contribution is -2.35. The van der Waals surface area contributed by atoms with Crippen LogP contribution in [0.1, 0.15) is 29.9 Å². The minimum atomic E-state index is -0.254. The third kappa shape index (κ3) is 3.25. The Morgan fingerprint density at radius 3 is 2.94 bits per heavy atom. The minimum absolute atomic E-state index is 0.100. The summed E-state index contributed by atoms with van der Waals surface area (Å²) in [4.78, 5) is 11.5. The number of hydrogen-bond donors (Lipinski definition) is 1. The molecule has 0 spiro atoms. The quantitative estimate of drug-likeness (QED) is 0.455. The summed E-state index contributed by atoms with van der Waals surface area (Å²) in [6.45, 7) is 5.98. The predicted octanol–water partition coefficient (Wildman–Crippen LogP) is 3.51. The Morgan fingerprint density at radius 1 is 1.12 bits per heavy atom. The van der Waals surface area contributed by atoms with Crippen LogP contribution in [-0.2, 0) is 13.1 Å². The summed E-state index contributed by atoms with van der Waals surface area (Å²) >= 11 is 0. The van der Waals surface area contributed by atoms with Gasteiger partial charge in [-0.15, -0.1) is 10.2 Å². The van der Waals surface area contributed by atoms with E-state index in [-0.39, 0.29) is 11.9 Å². The van der Waals surface area contributed by atoms with Gasteiger partial charge in [-0.2, -0.15) is 9.61 Å². The van der Waals surface area contributed by atoms with Crippen LogP contribution in [0.3, 0.4) is 0 Å². The van der Waals surface area contributed by atoms with Crippen LogP contribution in [0.4, 0.5) is 16.0 Å². The highest BCUT2D eigenvalue weighted by atomic mass is 19.1. The van der Waals surface area contributed by atoms with Crippen molar-refractivity contribution in [3.63, 3.8) is 0 Å². The number of halogens is 1. The molecule has 5 aromatic rings. The number of aromatic nitrogens is 7. The maximum absolute atomic E-state index is 14.3. The smallest absolute Gasteiger partial charge is 0.157 e. The van der Waals surface area contributed by atoms with Crippen molar-refractivity contribution < 1.29 is 4.39 Å². The second-order valence-electron chi connectivity index (χ2n) is 8.30. The van der Waals surface area contributed by atoms with E-state index in [2.05, 4.69) is 48.1 Å². The standard InChI is InChI=1S/C23H22FN9/c1-14-18(24)4-3-16-11-17(15(2)28-20-5-7-25-19-6-8-27-33(19)20)23(29-22(14)16)31-9-10-32-13-26-30-21(32)12-31/h3-8,11,13,15,28H,9-10,12H2,1-2H3/t15-/m0/s1. The number of hydrogen-bond acceptors (Lipinski definition) is 7. The largest absolute Gasteiger partial charge is 0.363 e. The first-order valence-corrected chi connectivity index (χ1v) is 10.8. The second kappa shape index (κ2) is 7.51. The Morgan fingerprint density at radius 2 is 2.03 bits per heavy atom. The molecule has 0 aliphatic carbocycles. The summed E-state index contributed by atoms with van der Waals surface area (Å²) in [6, 6.07) is 9.04. The lowest BCUT2D eigenvalue weighted by molar-refractivity contribution is 0.554. The molecule has 4 aromatic heterocycles. The Hall–Kier alpha value is -4.08. The molecule has 0 radical (unpaired) electrons. The monoisotopic (exact) mass is 443 g/mol. The van der Waals surface area contributed by atoms with Crippen molar-refractivity contribution in [3.05, 3.63) is 71.8 Å². The van der Waals surface area contributed by atoms with Crippen LogP contribution in [0.15, 0.2) is 49.1 Å². The zero-order valence-corrected chi connectivity index (χ0v) is 18.3. The molecule has 0 saturated carbocycles. The second-order valence-corrected chi connectivity index (χ2v) is 8.30. The number of nitrogens with zero attached hydrogens (tertiary/aromatic N) is 8. The van der Waals surface area contributed by atoms with Crippen LogP contribution in [0.2, 0.25) is 0 Å². The molecule has 33 heavy (non-hydrogen) atoms. The molecular formula is C23H22FN9. The fourth-order valence-electron chi connectivity index (χ4n) is 4.43. The molecule has 0 unspecified atom stereocenters. The average Bonchev–Trinajstić information content (AvgIpc) is 3.50. The van der Waals surface area contributed by atoms with E-state index in [0.717, 1.165) is 47.1 Å². The summed E-state index contributed by atoms with van der Waals surface area (Å²) in [5.74, 6) is 2.28. The SMILES string of the molecule is Cc1c(F)ccc2cc([C@H](C)Nc3ccnc4ccnn34)c(N3CCn4cnnc4C3)nc12. The molecule has 1 atom stereocenters. The fraction of sp³-hybridized carbons (Fsp3) is 0.261. The molecule has 0 saturated heterocycles. The number of anilines is 2. The van der Waals surface area contributed by atoms with Crippen molar-refractivity contribution in [1.82, 2.24) is 34.3 Å². The van der Waals surface area contributed by atoms with Crippen molar-refractivity contribution in [2.24, 2.45) is 0 Å².